The SMILES string of the molecule is C=CCc1cc(/C=C/c2nc(O)c([N+](=O)[O-])c(=O)[nH]2)cc(OCC)c1OCc1ccccc1. The lowest BCUT2D eigenvalue weighted by molar-refractivity contribution is -0.387. The van der Waals surface area contributed by atoms with E-state index in [1.54, 1.807) is 18.2 Å². The molecule has 3 aromatic rings. The molecule has 1 heterocycles. The van der Waals surface area contributed by atoms with E-state index in [-0.39, 0.29) is 5.82 Å². The molecule has 9 heteroatoms. The number of nitrogens with one attached hydrogen (secondary N) is 1. The minimum absolute atomic E-state index is 0.0317. The Hall–Kier alpha value is -4.40. The van der Waals surface area contributed by atoms with E-state index in [1.165, 1.54) is 6.08 Å². The van der Waals surface area contributed by atoms with Gasteiger partial charge in [0.1, 0.15) is 12.4 Å². The van der Waals surface area contributed by atoms with E-state index in [9.17, 15) is 20.0 Å². The maximum Gasteiger partial charge on any atom is 0.395 e. The Balaban J connectivity index is 1.95. The predicted octanol–water partition coefficient (Wildman–Crippen LogP) is 4.26. The average Bonchev–Trinajstić information content (AvgIpc) is 2.77. The zero-order valence-corrected chi connectivity index (χ0v) is 18.0. The van der Waals surface area contributed by atoms with E-state index in [2.05, 4.69) is 16.5 Å². The first-order chi connectivity index (χ1) is 15.9. The molecule has 2 aromatic carbocycles. The smallest absolute Gasteiger partial charge is 0.395 e. The molecule has 0 bridgehead atoms. The van der Waals surface area contributed by atoms with Gasteiger partial charge < -0.3 is 19.6 Å². The molecular formula is C24H23N3O6. The summed E-state index contributed by atoms with van der Waals surface area (Å²) < 4.78 is 11.9. The molecule has 2 N–H and O–H groups in total. The first kappa shape index (κ1) is 23.3. The maximum absolute atomic E-state index is 11.8. The Bertz CT molecular complexity index is 1230. The van der Waals surface area contributed by atoms with Crippen LogP contribution in [0.1, 0.15) is 29.4 Å². The Morgan fingerprint density at radius 2 is 1.97 bits per heavy atom. The van der Waals surface area contributed by atoms with Gasteiger partial charge in [0.25, 0.3) is 5.88 Å². The van der Waals surface area contributed by atoms with Gasteiger partial charge in [-0.3, -0.25) is 14.9 Å². The second-order valence-electron chi connectivity index (χ2n) is 6.92. The lowest BCUT2D eigenvalue weighted by Gasteiger charge is -2.17. The number of aromatic nitrogens is 2. The van der Waals surface area contributed by atoms with Crippen molar-refractivity contribution < 1.29 is 19.5 Å². The number of H-pyrrole nitrogens is 1. The van der Waals surface area contributed by atoms with Crippen LogP contribution in [0.15, 0.2) is 59.9 Å². The molecule has 3 rings (SSSR count). The summed E-state index contributed by atoms with van der Waals surface area (Å²) in [5, 5.41) is 20.5. The van der Waals surface area contributed by atoms with Crippen LogP contribution in [0.3, 0.4) is 0 Å². The highest BCUT2D eigenvalue weighted by Gasteiger charge is 2.21. The predicted molar refractivity (Wildman–Crippen MR) is 124 cm³/mol. The van der Waals surface area contributed by atoms with Crippen LogP contribution < -0.4 is 15.0 Å². The molecule has 33 heavy (non-hydrogen) atoms. The Labute approximate surface area is 189 Å². The zero-order chi connectivity index (χ0) is 23.8. The molecule has 0 amide bonds. The van der Waals surface area contributed by atoms with Crippen molar-refractivity contribution in [3.63, 3.8) is 0 Å². The van der Waals surface area contributed by atoms with E-state index in [1.807, 2.05) is 43.3 Å². The van der Waals surface area contributed by atoms with Crippen LogP contribution in [0.5, 0.6) is 17.4 Å². The molecule has 1 aromatic heterocycles. The minimum atomic E-state index is -1.04. The standard InChI is InChI=1S/C24H23N3O6/c1-3-8-18-13-17(11-12-20-25-23(28)21(27(30)31)24(29)26-20)14-19(32-4-2)22(18)33-15-16-9-6-5-7-10-16/h3,5-7,9-14H,1,4,8,15H2,2H3,(H2,25,26,28,29)/b12-11+. The minimum Gasteiger partial charge on any atom is -0.490 e. The van der Waals surface area contributed by atoms with Crippen molar-refractivity contribution in [3.8, 4) is 17.4 Å². The van der Waals surface area contributed by atoms with Gasteiger partial charge in [-0.15, -0.1) is 6.58 Å². The Kier molecular flexibility index (Phi) is 7.59. The monoisotopic (exact) mass is 449 g/mol. The normalized spacial score (nSPS) is 10.8. The van der Waals surface area contributed by atoms with Crippen molar-refractivity contribution in [2.24, 2.45) is 0 Å². The number of benzene rings is 2. The molecule has 0 aliphatic heterocycles. The topological polar surface area (TPSA) is 128 Å². The average molecular weight is 449 g/mol. The largest absolute Gasteiger partial charge is 0.490 e. The van der Waals surface area contributed by atoms with E-state index >= 15 is 0 Å². The fraction of sp³-hybridized carbons (Fsp3) is 0.167. The summed E-state index contributed by atoms with van der Waals surface area (Å²) in [5.41, 5.74) is 0.530. The fourth-order valence-electron chi connectivity index (χ4n) is 3.13. The van der Waals surface area contributed by atoms with Gasteiger partial charge in [-0.05, 0) is 42.7 Å². The fourth-order valence-corrected chi connectivity index (χ4v) is 3.13. The number of hydrogen-bond acceptors (Lipinski definition) is 7. The van der Waals surface area contributed by atoms with E-state index in [4.69, 9.17) is 9.47 Å². The number of ether oxygens (including phenoxy) is 2. The summed E-state index contributed by atoms with van der Waals surface area (Å²) in [6.45, 7) is 6.47. The summed E-state index contributed by atoms with van der Waals surface area (Å²) in [6, 6.07) is 13.4. The first-order valence-corrected chi connectivity index (χ1v) is 10.2. The number of aromatic amines is 1. The van der Waals surface area contributed by atoms with Crippen LogP contribution in [0.25, 0.3) is 12.2 Å². The van der Waals surface area contributed by atoms with Crippen LogP contribution in [0.2, 0.25) is 0 Å². The molecule has 0 spiro atoms. The molecule has 0 atom stereocenters. The zero-order valence-electron chi connectivity index (χ0n) is 18.0. The van der Waals surface area contributed by atoms with E-state index in [0.717, 1.165) is 11.1 Å². The van der Waals surface area contributed by atoms with Gasteiger partial charge in [-0.2, -0.15) is 4.98 Å². The molecule has 0 aliphatic rings. The van der Waals surface area contributed by atoms with Gasteiger partial charge in [-0.1, -0.05) is 42.5 Å². The summed E-state index contributed by atoms with van der Waals surface area (Å²) in [5.74, 6) is 0.170. The van der Waals surface area contributed by atoms with E-state index < -0.39 is 22.0 Å². The molecule has 0 aliphatic carbocycles. The molecule has 9 nitrogen and oxygen atoms in total. The van der Waals surface area contributed by atoms with Crippen LogP contribution >= 0.6 is 0 Å². The maximum atomic E-state index is 11.8. The van der Waals surface area contributed by atoms with Gasteiger partial charge in [0.2, 0.25) is 0 Å². The van der Waals surface area contributed by atoms with Crippen molar-refractivity contribution >= 4 is 17.8 Å². The highest BCUT2D eigenvalue weighted by molar-refractivity contribution is 5.70. The summed E-state index contributed by atoms with van der Waals surface area (Å²) in [4.78, 5) is 27.6. The van der Waals surface area contributed by atoms with Crippen molar-refractivity contribution in [1.29, 1.82) is 0 Å². The second kappa shape index (κ2) is 10.8. The molecule has 0 radical (unpaired) electrons. The third-order valence-electron chi connectivity index (χ3n) is 4.56. The lowest BCUT2D eigenvalue weighted by atomic mass is 10.0. The molecule has 0 saturated carbocycles. The quantitative estimate of drug-likeness (QED) is 0.269. The highest BCUT2D eigenvalue weighted by Crippen LogP contribution is 2.35. The number of nitro groups is 1. The first-order valence-electron chi connectivity index (χ1n) is 10.2. The number of hydrogen-bond donors (Lipinski definition) is 2. The summed E-state index contributed by atoms with van der Waals surface area (Å²) in [7, 11) is 0. The van der Waals surface area contributed by atoms with Crippen LogP contribution in [0, 0.1) is 10.1 Å². The number of allylic oxidation sites excluding steroid dienone is 1. The second-order valence-corrected chi connectivity index (χ2v) is 6.92. The van der Waals surface area contributed by atoms with Gasteiger partial charge in [0.05, 0.1) is 11.5 Å². The van der Waals surface area contributed by atoms with Crippen molar-refractivity contribution in [2.75, 3.05) is 6.61 Å². The van der Waals surface area contributed by atoms with Gasteiger partial charge in [0, 0.05) is 5.56 Å². The number of rotatable bonds is 10. The summed E-state index contributed by atoms with van der Waals surface area (Å²) in [6.07, 6.45) is 5.35. The number of nitrogens with zero attached hydrogens (tertiary/aromatic N) is 2. The highest BCUT2D eigenvalue weighted by atomic mass is 16.6. The lowest BCUT2D eigenvalue weighted by Crippen LogP contribution is -2.14. The third-order valence-corrected chi connectivity index (χ3v) is 4.56. The van der Waals surface area contributed by atoms with Crippen molar-refractivity contribution in [3.05, 3.63) is 98.1 Å². The van der Waals surface area contributed by atoms with Gasteiger partial charge in [0.15, 0.2) is 11.5 Å². The number of aromatic hydroxyl groups is 1. The molecule has 0 saturated heterocycles. The van der Waals surface area contributed by atoms with Crippen LogP contribution in [-0.4, -0.2) is 26.6 Å². The molecule has 170 valence electrons. The van der Waals surface area contributed by atoms with Crippen molar-refractivity contribution in [1.82, 2.24) is 9.97 Å². The van der Waals surface area contributed by atoms with E-state index in [0.29, 0.717) is 36.7 Å². The summed E-state index contributed by atoms with van der Waals surface area (Å²) >= 11 is 0. The molecule has 0 fully saturated rings. The van der Waals surface area contributed by atoms with Gasteiger partial charge in [-0.25, -0.2) is 0 Å². The van der Waals surface area contributed by atoms with Crippen LogP contribution in [-0.2, 0) is 13.0 Å². The van der Waals surface area contributed by atoms with Gasteiger partial charge >= 0.3 is 11.2 Å². The van der Waals surface area contributed by atoms with Crippen LogP contribution in [0.4, 0.5) is 5.69 Å². The third kappa shape index (κ3) is 5.85. The Morgan fingerprint density at radius 1 is 1.21 bits per heavy atom. The Morgan fingerprint density at radius 3 is 2.61 bits per heavy atom. The van der Waals surface area contributed by atoms with Crippen molar-refractivity contribution in [2.45, 2.75) is 20.0 Å². The molecule has 0 unspecified atom stereocenters. The molecular weight excluding hydrogens is 426 g/mol.